The van der Waals surface area contributed by atoms with E-state index in [1.54, 1.807) is 12.1 Å². The average molecular weight is 354 g/mol. The van der Waals surface area contributed by atoms with Gasteiger partial charge in [-0.3, -0.25) is 5.43 Å². The minimum atomic E-state index is -0.504. The number of thiocarbonyl (C=S) groups is 1. The molecular formula is C15H13ClFN3O2S. The number of methoxy groups -OCH3 is 1. The van der Waals surface area contributed by atoms with E-state index in [9.17, 15) is 9.50 Å². The van der Waals surface area contributed by atoms with Gasteiger partial charge in [-0.05, 0) is 54.2 Å². The van der Waals surface area contributed by atoms with E-state index in [0.717, 1.165) is 0 Å². The number of hydrogen-bond acceptors (Lipinski definition) is 4. The van der Waals surface area contributed by atoms with Crippen LogP contribution >= 0.6 is 23.8 Å². The lowest BCUT2D eigenvalue weighted by Crippen LogP contribution is -2.23. The monoisotopic (exact) mass is 353 g/mol. The number of aromatic hydroxyl groups is 1. The van der Waals surface area contributed by atoms with Crippen molar-refractivity contribution in [3.8, 4) is 11.5 Å². The minimum absolute atomic E-state index is 0.00232. The number of rotatable bonds is 4. The highest BCUT2D eigenvalue weighted by atomic mass is 35.5. The Morgan fingerprint density at radius 3 is 2.83 bits per heavy atom. The van der Waals surface area contributed by atoms with Gasteiger partial charge in [-0.1, -0.05) is 11.6 Å². The molecule has 0 saturated carbocycles. The molecular weight excluding hydrogens is 341 g/mol. The number of anilines is 1. The summed E-state index contributed by atoms with van der Waals surface area (Å²) in [4.78, 5) is 0. The summed E-state index contributed by atoms with van der Waals surface area (Å²) >= 11 is 10.7. The highest BCUT2D eigenvalue weighted by molar-refractivity contribution is 7.80. The third-order valence-electron chi connectivity index (χ3n) is 2.76. The van der Waals surface area contributed by atoms with Crippen molar-refractivity contribution >= 4 is 40.8 Å². The van der Waals surface area contributed by atoms with E-state index in [1.165, 1.54) is 37.6 Å². The fourth-order valence-electron chi connectivity index (χ4n) is 1.67. The van der Waals surface area contributed by atoms with Crippen LogP contribution in [0.4, 0.5) is 10.1 Å². The molecule has 0 saturated heterocycles. The standard InChI is InChI=1S/C15H13ClFN3O2S/c1-22-14-6-9(2-5-13(14)21)8-18-20-15(23)19-10-3-4-12(17)11(16)7-10/h2-8,21H,1H3,(H2,19,20,23)/b18-8+. The summed E-state index contributed by atoms with van der Waals surface area (Å²) in [7, 11) is 1.46. The van der Waals surface area contributed by atoms with Crippen LogP contribution < -0.4 is 15.5 Å². The van der Waals surface area contributed by atoms with Crippen LogP contribution in [-0.4, -0.2) is 23.5 Å². The zero-order valence-electron chi connectivity index (χ0n) is 12.0. The molecule has 3 N–H and O–H groups in total. The summed E-state index contributed by atoms with van der Waals surface area (Å²) in [5.41, 5.74) is 3.86. The SMILES string of the molecule is COc1cc(/C=N/NC(=S)Nc2ccc(F)c(Cl)c2)ccc1O. The molecule has 2 aromatic carbocycles. The summed E-state index contributed by atoms with van der Waals surface area (Å²) in [5, 5.41) is 16.5. The second-order valence-corrected chi connectivity index (χ2v) is 5.20. The molecule has 0 aliphatic heterocycles. The van der Waals surface area contributed by atoms with Gasteiger partial charge in [0.2, 0.25) is 0 Å². The summed E-state index contributed by atoms with van der Waals surface area (Å²) in [6, 6.07) is 8.94. The smallest absolute Gasteiger partial charge is 0.191 e. The van der Waals surface area contributed by atoms with Gasteiger partial charge in [0, 0.05) is 5.69 Å². The lowest BCUT2D eigenvalue weighted by molar-refractivity contribution is 0.373. The van der Waals surface area contributed by atoms with Crippen molar-refractivity contribution in [2.45, 2.75) is 0 Å². The van der Waals surface area contributed by atoms with E-state index < -0.39 is 5.82 Å². The minimum Gasteiger partial charge on any atom is -0.504 e. The van der Waals surface area contributed by atoms with Crippen LogP contribution in [0.2, 0.25) is 5.02 Å². The molecule has 0 aliphatic rings. The number of hydrazone groups is 1. The molecule has 0 bridgehead atoms. The Hall–Kier alpha value is -2.38. The van der Waals surface area contributed by atoms with Gasteiger partial charge in [0.25, 0.3) is 0 Å². The Balaban J connectivity index is 1.94. The van der Waals surface area contributed by atoms with Crippen LogP contribution in [-0.2, 0) is 0 Å². The van der Waals surface area contributed by atoms with Crippen molar-refractivity contribution in [3.05, 3.63) is 52.8 Å². The zero-order valence-corrected chi connectivity index (χ0v) is 13.6. The number of hydrogen-bond donors (Lipinski definition) is 3. The molecule has 0 fully saturated rings. The quantitative estimate of drug-likeness (QED) is 0.446. The van der Waals surface area contributed by atoms with E-state index >= 15 is 0 Å². The first-order valence-corrected chi connectivity index (χ1v) is 7.20. The number of phenols is 1. The Morgan fingerprint density at radius 2 is 2.13 bits per heavy atom. The van der Waals surface area contributed by atoms with E-state index in [-0.39, 0.29) is 15.9 Å². The van der Waals surface area contributed by atoms with E-state index in [0.29, 0.717) is 17.0 Å². The van der Waals surface area contributed by atoms with Crippen LogP contribution in [0.3, 0.4) is 0 Å². The molecule has 2 aromatic rings. The van der Waals surface area contributed by atoms with Crippen LogP contribution in [0, 0.1) is 5.82 Å². The van der Waals surface area contributed by atoms with Crippen LogP contribution in [0.5, 0.6) is 11.5 Å². The first-order valence-electron chi connectivity index (χ1n) is 6.41. The maximum absolute atomic E-state index is 13.1. The molecule has 5 nitrogen and oxygen atoms in total. The highest BCUT2D eigenvalue weighted by Gasteiger charge is 2.03. The number of halogens is 2. The Bertz CT molecular complexity index is 755. The van der Waals surface area contributed by atoms with Gasteiger partial charge < -0.3 is 15.2 Å². The molecule has 0 amide bonds. The van der Waals surface area contributed by atoms with Crippen molar-refractivity contribution in [1.29, 1.82) is 0 Å². The Kier molecular flexibility index (Phi) is 5.72. The topological polar surface area (TPSA) is 65.9 Å². The van der Waals surface area contributed by atoms with E-state index in [1.807, 2.05) is 0 Å². The molecule has 120 valence electrons. The molecule has 0 unspecified atom stereocenters. The summed E-state index contributed by atoms with van der Waals surface area (Å²) in [5.74, 6) is -0.117. The van der Waals surface area contributed by atoms with Gasteiger partial charge in [0.1, 0.15) is 5.82 Å². The molecule has 8 heteroatoms. The molecule has 0 aliphatic carbocycles. The molecule has 23 heavy (non-hydrogen) atoms. The lowest BCUT2D eigenvalue weighted by atomic mass is 10.2. The second kappa shape index (κ2) is 7.75. The molecule has 2 rings (SSSR count). The molecule has 0 heterocycles. The lowest BCUT2D eigenvalue weighted by Gasteiger charge is -2.07. The number of nitrogens with one attached hydrogen (secondary N) is 2. The largest absolute Gasteiger partial charge is 0.504 e. The molecule has 0 radical (unpaired) electrons. The normalized spacial score (nSPS) is 10.6. The number of ether oxygens (including phenoxy) is 1. The predicted octanol–water partition coefficient (Wildman–Crippen LogP) is 3.51. The zero-order chi connectivity index (χ0) is 16.8. The van der Waals surface area contributed by atoms with Crippen molar-refractivity contribution < 1.29 is 14.2 Å². The number of benzene rings is 2. The third-order valence-corrected chi connectivity index (χ3v) is 3.24. The molecule has 0 spiro atoms. The van der Waals surface area contributed by atoms with Crippen molar-refractivity contribution in [2.75, 3.05) is 12.4 Å². The van der Waals surface area contributed by atoms with Gasteiger partial charge in [-0.2, -0.15) is 5.10 Å². The third kappa shape index (κ3) is 4.80. The average Bonchev–Trinajstić information content (AvgIpc) is 2.52. The number of nitrogens with zero attached hydrogens (tertiary/aromatic N) is 1. The Labute approximate surface area is 142 Å². The fourth-order valence-corrected chi connectivity index (χ4v) is 2.02. The van der Waals surface area contributed by atoms with Crippen molar-refractivity contribution in [1.82, 2.24) is 5.43 Å². The Morgan fingerprint density at radius 1 is 1.35 bits per heavy atom. The fraction of sp³-hybridized carbons (Fsp3) is 0.0667. The summed E-state index contributed by atoms with van der Waals surface area (Å²) < 4.78 is 18.1. The van der Waals surface area contributed by atoms with E-state index in [4.69, 9.17) is 28.6 Å². The first kappa shape index (κ1) is 17.0. The van der Waals surface area contributed by atoms with Gasteiger partial charge in [0.05, 0.1) is 18.3 Å². The van der Waals surface area contributed by atoms with Crippen molar-refractivity contribution in [3.63, 3.8) is 0 Å². The summed E-state index contributed by atoms with van der Waals surface area (Å²) in [6.45, 7) is 0. The van der Waals surface area contributed by atoms with Crippen molar-refractivity contribution in [2.24, 2.45) is 5.10 Å². The first-order chi connectivity index (χ1) is 11.0. The maximum Gasteiger partial charge on any atom is 0.191 e. The molecule has 0 atom stereocenters. The summed E-state index contributed by atoms with van der Waals surface area (Å²) in [6.07, 6.45) is 1.51. The van der Waals surface area contributed by atoms with Gasteiger partial charge in [-0.25, -0.2) is 4.39 Å². The van der Waals surface area contributed by atoms with Gasteiger partial charge >= 0.3 is 0 Å². The van der Waals surface area contributed by atoms with Crippen LogP contribution in [0.1, 0.15) is 5.56 Å². The van der Waals surface area contributed by atoms with Crippen LogP contribution in [0.25, 0.3) is 0 Å². The number of phenolic OH excluding ortho intramolecular Hbond substituents is 1. The van der Waals surface area contributed by atoms with Gasteiger partial charge in [0.15, 0.2) is 16.6 Å². The van der Waals surface area contributed by atoms with Crippen LogP contribution in [0.15, 0.2) is 41.5 Å². The van der Waals surface area contributed by atoms with E-state index in [2.05, 4.69) is 15.8 Å². The maximum atomic E-state index is 13.1. The predicted molar refractivity (Wildman–Crippen MR) is 93.0 cm³/mol. The molecule has 0 aromatic heterocycles. The van der Waals surface area contributed by atoms with Gasteiger partial charge in [-0.15, -0.1) is 0 Å². The second-order valence-electron chi connectivity index (χ2n) is 4.38. The highest BCUT2D eigenvalue weighted by Crippen LogP contribution is 2.25.